The van der Waals surface area contributed by atoms with E-state index in [4.69, 9.17) is 4.74 Å². The van der Waals surface area contributed by atoms with Crippen molar-refractivity contribution in [2.45, 2.75) is 51.1 Å². The molecule has 19 heavy (non-hydrogen) atoms. The quantitative estimate of drug-likeness (QED) is 0.794. The van der Waals surface area contributed by atoms with Gasteiger partial charge in [0, 0.05) is 26.3 Å². The highest BCUT2D eigenvalue weighted by Gasteiger charge is 2.38. The molecule has 0 aromatic rings. The van der Waals surface area contributed by atoms with Gasteiger partial charge in [0.1, 0.15) is 5.54 Å². The largest absolute Gasteiger partial charge is 0.480 e. The van der Waals surface area contributed by atoms with Gasteiger partial charge in [0.2, 0.25) is 0 Å². The second-order valence-electron chi connectivity index (χ2n) is 4.98. The third-order valence-corrected chi connectivity index (χ3v) is 4.02. The summed E-state index contributed by atoms with van der Waals surface area (Å²) in [6, 6.07) is -0.202. The maximum atomic E-state index is 12.2. The van der Waals surface area contributed by atoms with Gasteiger partial charge in [-0.2, -0.15) is 0 Å². The zero-order chi connectivity index (χ0) is 14.5. The predicted octanol–water partition coefficient (Wildman–Crippen LogP) is 1.45. The number of hydrogen-bond acceptors (Lipinski definition) is 3. The molecule has 1 fully saturated rings. The zero-order valence-electron chi connectivity index (χ0n) is 11.9. The van der Waals surface area contributed by atoms with Crippen LogP contribution in [0.4, 0.5) is 4.79 Å². The fraction of sp³-hybridized carbons (Fsp3) is 0.846. The van der Waals surface area contributed by atoms with E-state index in [1.807, 2.05) is 0 Å². The van der Waals surface area contributed by atoms with Crippen molar-refractivity contribution in [3.05, 3.63) is 0 Å². The number of carboxylic acid groups (broad SMARTS) is 1. The number of ether oxygens (including phenoxy) is 1. The van der Waals surface area contributed by atoms with E-state index >= 15 is 0 Å². The second kappa shape index (κ2) is 6.75. The van der Waals surface area contributed by atoms with Crippen LogP contribution in [-0.4, -0.2) is 53.8 Å². The molecule has 6 nitrogen and oxygen atoms in total. The van der Waals surface area contributed by atoms with Gasteiger partial charge < -0.3 is 20.1 Å². The molecule has 0 aromatic heterocycles. The van der Waals surface area contributed by atoms with Crippen LogP contribution in [0.25, 0.3) is 0 Å². The minimum Gasteiger partial charge on any atom is -0.480 e. The Morgan fingerprint density at radius 2 is 1.84 bits per heavy atom. The first kappa shape index (κ1) is 15.8. The van der Waals surface area contributed by atoms with E-state index in [0.29, 0.717) is 26.1 Å². The molecule has 2 amide bonds. The highest BCUT2D eigenvalue weighted by Crippen LogP contribution is 2.18. The summed E-state index contributed by atoms with van der Waals surface area (Å²) in [5.41, 5.74) is -1.17. The van der Waals surface area contributed by atoms with Crippen LogP contribution in [0.3, 0.4) is 0 Å². The summed E-state index contributed by atoms with van der Waals surface area (Å²) in [4.78, 5) is 25.2. The van der Waals surface area contributed by atoms with Crippen molar-refractivity contribution in [1.29, 1.82) is 0 Å². The number of nitrogens with one attached hydrogen (secondary N) is 1. The van der Waals surface area contributed by atoms with Crippen LogP contribution in [0.5, 0.6) is 0 Å². The lowest BCUT2D eigenvalue weighted by Gasteiger charge is -2.35. The molecule has 1 rings (SSSR count). The average Bonchev–Trinajstić information content (AvgIpc) is 2.44. The first-order chi connectivity index (χ1) is 8.96. The highest BCUT2D eigenvalue weighted by molar-refractivity contribution is 5.86. The number of nitrogens with zero attached hydrogens (tertiary/aromatic N) is 1. The second-order valence-corrected chi connectivity index (χ2v) is 4.98. The van der Waals surface area contributed by atoms with E-state index < -0.39 is 11.5 Å². The SMILES string of the molecule is CCC(CC)(NC(=O)N(C)C1CCOCC1)C(=O)O. The number of carbonyl (C=O) groups is 2. The molecule has 0 bridgehead atoms. The molecule has 6 heteroatoms. The van der Waals surface area contributed by atoms with Gasteiger partial charge in [0.25, 0.3) is 0 Å². The molecule has 0 unspecified atom stereocenters. The lowest BCUT2D eigenvalue weighted by molar-refractivity contribution is -0.144. The van der Waals surface area contributed by atoms with Gasteiger partial charge >= 0.3 is 12.0 Å². The molecule has 1 saturated heterocycles. The normalized spacial score (nSPS) is 17.0. The van der Waals surface area contributed by atoms with Gasteiger partial charge in [-0.05, 0) is 25.7 Å². The summed E-state index contributed by atoms with van der Waals surface area (Å²) in [5.74, 6) is -0.980. The monoisotopic (exact) mass is 272 g/mol. The smallest absolute Gasteiger partial charge is 0.329 e. The molecule has 1 aliphatic heterocycles. The van der Waals surface area contributed by atoms with E-state index in [1.54, 1.807) is 25.8 Å². The molecule has 1 aliphatic rings. The van der Waals surface area contributed by atoms with Gasteiger partial charge in [0.05, 0.1) is 0 Å². The Morgan fingerprint density at radius 3 is 2.26 bits per heavy atom. The number of hydrogen-bond donors (Lipinski definition) is 2. The summed E-state index contributed by atoms with van der Waals surface area (Å²) in [7, 11) is 1.71. The Morgan fingerprint density at radius 1 is 1.32 bits per heavy atom. The van der Waals surface area contributed by atoms with Crippen LogP contribution in [-0.2, 0) is 9.53 Å². The van der Waals surface area contributed by atoms with Crippen molar-refractivity contribution in [2.24, 2.45) is 0 Å². The number of carboxylic acids is 1. The van der Waals surface area contributed by atoms with Crippen molar-refractivity contribution in [2.75, 3.05) is 20.3 Å². The number of aliphatic carboxylic acids is 1. The van der Waals surface area contributed by atoms with Crippen LogP contribution < -0.4 is 5.32 Å². The van der Waals surface area contributed by atoms with Gasteiger partial charge in [0.15, 0.2) is 0 Å². The third kappa shape index (κ3) is 3.59. The van der Waals surface area contributed by atoms with Gasteiger partial charge in [-0.25, -0.2) is 9.59 Å². The summed E-state index contributed by atoms with van der Waals surface area (Å²) in [6.07, 6.45) is 2.32. The summed E-state index contributed by atoms with van der Waals surface area (Å²) in [6.45, 7) is 4.83. The summed E-state index contributed by atoms with van der Waals surface area (Å²) < 4.78 is 5.26. The molecule has 1 heterocycles. The minimum atomic E-state index is -1.17. The topological polar surface area (TPSA) is 78.9 Å². The van der Waals surface area contributed by atoms with E-state index in [0.717, 1.165) is 12.8 Å². The Hall–Kier alpha value is -1.30. The molecule has 110 valence electrons. The standard InChI is InChI=1S/C13H24N2O4/c1-4-13(5-2,11(16)17)14-12(18)15(3)10-6-8-19-9-7-10/h10H,4-9H2,1-3H3,(H,14,18)(H,16,17). The van der Waals surface area contributed by atoms with Crippen molar-refractivity contribution in [1.82, 2.24) is 10.2 Å². The van der Waals surface area contributed by atoms with Crippen LogP contribution in [0.2, 0.25) is 0 Å². The third-order valence-electron chi connectivity index (χ3n) is 4.02. The van der Waals surface area contributed by atoms with Crippen LogP contribution in [0.1, 0.15) is 39.5 Å². The van der Waals surface area contributed by atoms with Gasteiger partial charge in [-0.15, -0.1) is 0 Å². The van der Waals surface area contributed by atoms with Crippen LogP contribution >= 0.6 is 0 Å². The number of urea groups is 1. The fourth-order valence-electron chi connectivity index (χ4n) is 2.31. The fourth-order valence-corrected chi connectivity index (χ4v) is 2.31. The van der Waals surface area contributed by atoms with Gasteiger partial charge in [-0.3, -0.25) is 0 Å². The maximum Gasteiger partial charge on any atom is 0.329 e. The molecular formula is C13H24N2O4. The number of rotatable bonds is 5. The average molecular weight is 272 g/mol. The van der Waals surface area contributed by atoms with Crippen LogP contribution in [0, 0.1) is 0 Å². The zero-order valence-corrected chi connectivity index (χ0v) is 11.9. The Balaban J connectivity index is 2.68. The van der Waals surface area contributed by atoms with Crippen molar-refractivity contribution < 1.29 is 19.4 Å². The summed E-state index contributed by atoms with van der Waals surface area (Å²) in [5, 5.41) is 12.0. The van der Waals surface area contributed by atoms with Gasteiger partial charge in [-0.1, -0.05) is 13.8 Å². The molecule has 0 aromatic carbocycles. The maximum absolute atomic E-state index is 12.2. The lowest BCUT2D eigenvalue weighted by atomic mass is 9.93. The van der Waals surface area contributed by atoms with Crippen LogP contribution in [0.15, 0.2) is 0 Å². The van der Waals surface area contributed by atoms with Crippen molar-refractivity contribution in [3.8, 4) is 0 Å². The lowest BCUT2D eigenvalue weighted by Crippen LogP contribution is -2.58. The van der Waals surface area contributed by atoms with E-state index in [2.05, 4.69) is 5.32 Å². The highest BCUT2D eigenvalue weighted by atomic mass is 16.5. The Kier molecular flexibility index (Phi) is 5.60. The molecule has 0 saturated carbocycles. The molecule has 0 atom stereocenters. The van der Waals surface area contributed by atoms with E-state index in [9.17, 15) is 14.7 Å². The molecule has 0 radical (unpaired) electrons. The number of carbonyl (C=O) groups excluding carboxylic acids is 1. The minimum absolute atomic E-state index is 0.119. The Bertz CT molecular complexity index is 323. The first-order valence-corrected chi connectivity index (χ1v) is 6.83. The Labute approximate surface area is 114 Å². The van der Waals surface area contributed by atoms with Crippen molar-refractivity contribution in [3.63, 3.8) is 0 Å². The first-order valence-electron chi connectivity index (χ1n) is 6.83. The molecule has 0 spiro atoms. The predicted molar refractivity (Wildman–Crippen MR) is 71.1 cm³/mol. The molecule has 2 N–H and O–H groups in total. The number of amides is 2. The molecular weight excluding hydrogens is 248 g/mol. The van der Waals surface area contributed by atoms with E-state index in [-0.39, 0.29) is 12.1 Å². The van der Waals surface area contributed by atoms with E-state index in [1.165, 1.54) is 0 Å². The molecule has 0 aliphatic carbocycles. The van der Waals surface area contributed by atoms with Crippen molar-refractivity contribution >= 4 is 12.0 Å². The summed E-state index contributed by atoms with van der Waals surface area (Å²) >= 11 is 0.